The zero-order chi connectivity index (χ0) is 13.1. The van der Waals surface area contributed by atoms with Gasteiger partial charge in [-0.2, -0.15) is 5.10 Å². The van der Waals surface area contributed by atoms with Crippen molar-refractivity contribution >= 4 is 10.0 Å². The van der Waals surface area contributed by atoms with Crippen LogP contribution in [0.1, 0.15) is 6.92 Å². The molecule has 0 radical (unpaired) electrons. The molecule has 0 saturated heterocycles. The summed E-state index contributed by atoms with van der Waals surface area (Å²) < 4.78 is 52.1. The highest BCUT2D eigenvalue weighted by Gasteiger charge is 2.30. The topological polar surface area (TPSA) is 90.0 Å². The Balaban J connectivity index is 2.83. The fourth-order valence-electron chi connectivity index (χ4n) is 1.13. The van der Waals surface area contributed by atoms with Crippen LogP contribution in [0.2, 0.25) is 0 Å². The van der Waals surface area contributed by atoms with Crippen LogP contribution < -0.4 is 10.5 Å². The van der Waals surface area contributed by atoms with Gasteiger partial charge in [-0.05, 0) is 13.0 Å². The van der Waals surface area contributed by atoms with Gasteiger partial charge in [0, 0.05) is 6.54 Å². The number of nitrogens with zero attached hydrogens (tertiary/aromatic N) is 2. The molecule has 1 aromatic rings. The molecule has 0 amide bonds. The van der Waals surface area contributed by atoms with Gasteiger partial charge in [-0.1, -0.05) is 0 Å². The van der Waals surface area contributed by atoms with Gasteiger partial charge in [-0.15, -0.1) is 0 Å². The molecule has 0 aliphatic carbocycles. The van der Waals surface area contributed by atoms with Crippen molar-refractivity contribution in [3.05, 3.63) is 12.3 Å². The molecule has 0 aliphatic heterocycles. The molecule has 0 spiro atoms. The van der Waals surface area contributed by atoms with Crippen LogP contribution in [-0.2, 0) is 16.6 Å². The quantitative estimate of drug-likeness (QED) is 0.746. The van der Waals surface area contributed by atoms with E-state index in [1.807, 2.05) is 4.72 Å². The first kappa shape index (κ1) is 14.0. The van der Waals surface area contributed by atoms with Crippen molar-refractivity contribution in [1.29, 1.82) is 0 Å². The van der Waals surface area contributed by atoms with Gasteiger partial charge in [-0.25, -0.2) is 21.9 Å². The van der Waals surface area contributed by atoms with Gasteiger partial charge in [0.25, 0.3) is 15.9 Å². The first-order valence-electron chi connectivity index (χ1n) is 4.92. The van der Waals surface area contributed by atoms with Gasteiger partial charge >= 0.3 is 0 Å². The Morgan fingerprint density at radius 3 is 2.76 bits per heavy atom. The number of nitrogens with two attached hydrogens (primary N) is 1. The lowest BCUT2D eigenvalue weighted by Crippen LogP contribution is -2.41. The van der Waals surface area contributed by atoms with Gasteiger partial charge in [0.15, 0.2) is 5.03 Å². The zero-order valence-electron chi connectivity index (χ0n) is 9.23. The molecule has 0 atom stereocenters. The average Bonchev–Trinajstić information content (AvgIpc) is 2.75. The van der Waals surface area contributed by atoms with Crippen LogP contribution in [0.3, 0.4) is 0 Å². The lowest BCUT2D eigenvalue weighted by atomic mass is 10.3. The molecule has 6 nitrogen and oxygen atoms in total. The Morgan fingerprint density at radius 1 is 1.59 bits per heavy atom. The fourth-order valence-corrected chi connectivity index (χ4v) is 2.38. The molecule has 1 aromatic heterocycles. The number of alkyl halides is 2. The summed E-state index contributed by atoms with van der Waals surface area (Å²) in [5.74, 6) is -3.26. The highest BCUT2D eigenvalue weighted by molar-refractivity contribution is 7.89. The van der Waals surface area contributed by atoms with E-state index in [2.05, 4.69) is 5.10 Å². The number of hydrogen-bond donors (Lipinski definition) is 2. The van der Waals surface area contributed by atoms with Crippen LogP contribution in [0.25, 0.3) is 0 Å². The first-order chi connectivity index (χ1) is 7.82. The highest BCUT2D eigenvalue weighted by Crippen LogP contribution is 2.12. The highest BCUT2D eigenvalue weighted by atomic mass is 32.2. The molecule has 17 heavy (non-hydrogen) atoms. The maximum Gasteiger partial charge on any atom is 0.273 e. The van der Waals surface area contributed by atoms with E-state index in [1.54, 1.807) is 6.92 Å². The predicted molar refractivity (Wildman–Crippen MR) is 57.1 cm³/mol. The normalized spacial score (nSPS) is 12.9. The number of aryl methyl sites for hydroxylation is 1. The largest absolute Gasteiger partial charge is 0.325 e. The summed E-state index contributed by atoms with van der Waals surface area (Å²) in [7, 11) is -3.99. The maximum atomic E-state index is 12.8. The van der Waals surface area contributed by atoms with Crippen LogP contribution in [0.15, 0.2) is 17.3 Å². The number of nitrogens with one attached hydrogen (secondary N) is 1. The third-order valence-electron chi connectivity index (χ3n) is 2.07. The van der Waals surface area contributed by atoms with Crippen LogP contribution >= 0.6 is 0 Å². The van der Waals surface area contributed by atoms with E-state index in [4.69, 9.17) is 5.73 Å². The minimum atomic E-state index is -3.99. The molecule has 0 saturated carbocycles. The fraction of sp³-hybridized carbons (Fsp3) is 0.625. The molecule has 9 heteroatoms. The molecule has 0 fully saturated rings. The Bertz CT molecular complexity index is 472. The molecule has 0 aromatic carbocycles. The average molecular weight is 268 g/mol. The SMILES string of the molecule is CCn1nccc1S(=O)(=O)NCC(F)(F)CN. The molecule has 0 bridgehead atoms. The van der Waals surface area contributed by atoms with E-state index >= 15 is 0 Å². The van der Waals surface area contributed by atoms with Crippen molar-refractivity contribution in [2.45, 2.75) is 24.4 Å². The van der Waals surface area contributed by atoms with E-state index in [9.17, 15) is 17.2 Å². The molecule has 0 aliphatic rings. The lowest BCUT2D eigenvalue weighted by Gasteiger charge is -2.14. The smallest absolute Gasteiger partial charge is 0.273 e. The summed E-state index contributed by atoms with van der Waals surface area (Å²) in [6.07, 6.45) is 1.29. The van der Waals surface area contributed by atoms with Crippen LogP contribution in [0, 0.1) is 0 Å². The molecular formula is C8H14F2N4O2S. The van der Waals surface area contributed by atoms with Crippen molar-refractivity contribution in [2.24, 2.45) is 5.73 Å². The summed E-state index contributed by atoms with van der Waals surface area (Å²) in [6, 6.07) is 1.24. The van der Waals surface area contributed by atoms with Crippen LogP contribution in [0.5, 0.6) is 0 Å². The number of sulfonamides is 1. The Hall–Kier alpha value is -1.06. The van der Waals surface area contributed by atoms with E-state index in [0.717, 1.165) is 0 Å². The summed E-state index contributed by atoms with van der Waals surface area (Å²) in [4.78, 5) is 0. The molecule has 1 heterocycles. The van der Waals surface area contributed by atoms with Gasteiger partial charge in [-0.3, -0.25) is 4.68 Å². The van der Waals surface area contributed by atoms with Crippen molar-refractivity contribution in [3.8, 4) is 0 Å². The summed E-state index contributed by atoms with van der Waals surface area (Å²) in [5.41, 5.74) is 4.81. The number of rotatable bonds is 6. The number of aromatic nitrogens is 2. The van der Waals surface area contributed by atoms with E-state index in [1.165, 1.54) is 16.9 Å². The van der Waals surface area contributed by atoms with Crippen molar-refractivity contribution in [1.82, 2.24) is 14.5 Å². The summed E-state index contributed by atoms with van der Waals surface area (Å²) >= 11 is 0. The van der Waals surface area contributed by atoms with Gasteiger partial charge in [0.1, 0.15) is 0 Å². The molecule has 98 valence electrons. The third kappa shape index (κ3) is 3.45. The van der Waals surface area contributed by atoms with E-state index in [0.29, 0.717) is 6.54 Å². The Kier molecular flexibility index (Phi) is 4.17. The van der Waals surface area contributed by atoms with Gasteiger partial charge in [0.2, 0.25) is 0 Å². The Morgan fingerprint density at radius 2 is 2.24 bits per heavy atom. The Labute approximate surface area is 97.8 Å². The molecule has 3 N–H and O–H groups in total. The second-order valence-corrected chi connectivity index (χ2v) is 5.08. The second kappa shape index (κ2) is 5.07. The van der Waals surface area contributed by atoms with Crippen molar-refractivity contribution in [3.63, 3.8) is 0 Å². The first-order valence-corrected chi connectivity index (χ1v) is 6.40. The summed E-state index contributed by atoms with van der Waals surface area (Å²) in [6.45, 7) is 0.0837. The van der Waals surface area contributed by atoms with Gasteiger partial charge < -0.3 is 5.73 Å². The van der Waals surface area contributed by atoms with Crippen LogP contribution in [-0.4, -0.2) is 37.2 Å². The molecule has 0 unspecified atom stereocenters. The predicted octanol–water partition coefficient (Wildman–Crippen LogP) is -0.225. The molecular weight excluding hydrogens is 254 g/mol. The van der Waals surface area contributed by atoms with Gasteiger partial charge in [0.05, 0.1) is 19.3 Å². The summed E-state index contributed by atoms with van der Waals surface area (Å²) in [5, 5.41) is 3.61. The number of halogens is 2. The third-order valence-corrected chi connectivity index (χ3v) is 3.49. The van der Waals surface area contributed by atoms with Crippen molar-refractivity contribution < 1.29 is 17.2 Å². The number of hydrogen-bond acceptors (Lipinski definition) is 4. The molecule has 1 rings (SSSR count). The monoisotopic (exact) mass is 268 g/mol. The van der Waals surface area contributed by atoms with E-state index in [-0.39, 0.29) is 5.03 Å². The zero-order valence-corrected chi connectivity index (χ0v) is 10.0. The second-order valence-electron chi connectivity index (χ2n) is 3.37. The standard InChI is InChI=1S/C8H14F2N4O2S/c1-2-14-7(3-4-12-14)17(15,16)13-6-8(9,10)5-11/h3-4,13H,2,5-6,11H2,1H3. The van der Waals surface area contributed by atoms with Crippen LogP contribution in [0.4, 0.5) is 8.78 Å². The maximum absolute atomic E-state index is 12.8. The minimum absolute atomic E-state index is 0.146. The minimum Gasteiger partial charge on any atom is -0.325 e. The lowest BCUT2D eigenvalue weighted by molar-refractivity contribution is 0.0170. The van der Waals surface area contributed by atoms with E-state index < -0.39 is 29.0 Å². The van der Waals surface area contributed by atoms with Crippen molar-refractivity contribution in [2.75, 3.05) is 13.1 Å².